The molecule has 0 spiro atoms. The van der Waals surface area contributed by atoms with E-state index in [1.54, 1.807) is 6.92 Å². The Bertz CT molecular complexity index is 1280. The fourth-order valence-corrected chi connectivity index (χ4v) is 3.63. The summed E-state index contributed by atoms with van der Waals surface area (Å²) < 4.78 is 16.8. The predicted molar refractivity (Wildman–Crippen MR) is 129 cm³/mol. The second kappa shape index (κ2) is 10.4. The number of benzene rings is 3. The summed E-state index contributed by atoms with van der Waals surface area (Å²) in [5, 5.41) is 11.4. The van der Waals surface area contributed by atoms with Gasteiger partial charge in [0.15, 0.2) is 11.5 Å². The Morgan fingerprint density at radius 3 is 2.59 bits per heavy atom. The van der Waals surface area contributed by atoms with Gasteiger partial charge in [-0.15, -0.1) is 0 Å². The van der Waals surface area contributed by atoms with Gasteiger partial charge in [-0.2, -0.15) is 0 Å². The van der Waals surface area contributed by atoms with Crippen molar-refractivity contribution in [1.29, 1.82) is 0 Å². The van der Waals surface area contributed by atoms with Crippen LogP contribution in [0.15, 0.2) is 65.1 Å². The smallest absolute Gasteiger partial charge is 0.320 e. The molecule has 0 aliphatic rings. The normalized spacial score (nSPS) is 13.0. The number of carboxylic acid groups (broad SMARTS) is 1. The van der Waals surface area contributed by atoms with E-state index in [1.165, 1.54) is 0 Å². The zero-order chi connectivity index (χ0) is 24.1. The molecule has 1 heterocycles. The summed E-state index contributed by atoms with van der Waals surface area (Å²) in [7, 11) is 0. The maximum absolute atomic E-state index is 12.1. The second-order valence-corrected chi connectivity index (χ2v) is 8.25. The van der Waals surface area contributed by atoms with Gasteiger partial charge in [0.25, 0.3) is 0 Å². The molecule has 4 rings (SSSR count). The third-order valence-corrected chi connectivity index (χ3v) is 5.73. The van der Waals surface area contributed by atoms with Crippen LogP contribution in [0.25, 0.3) is 33.3 Å². The lowest BCUT2D eigenvalue weighted by molar-refractivity contribution is -0.162. The molecule has 7 heteroatoms. The van der Waals surface area contributed by atoms with Crippen LogP contribution >= 0.6 is 0 Å². The number of esters is 1. The van der Waals surface area contributed by atoms with Gasteiger partial charge in [-0.1, -0.05) is 31.2 Å². The van der Waals surface area contributed by atoms with E-state index in [4.69, 9.17) is 13.9 Å². The van der Waals surface area contributed by atoms with Crippen LogP contribution in [-0.2, 0) is 14.3 Å². The number of ether oxygens (including phenoxy) is 2. The number of hydrogen-bond acceptors (Lipinski definition) is 6. The molecule has 0 amide bonds. The van der Waals surface area contributed by atoms with Gasteiger partial charge in [-0.3, -0.25) is 9.59 Å². The first kappa shape index (κ1) is 23.3. The topological polar surface area (TPSA) is 98.9 Å². The highest BCUT2D eigenvalue weighted by molar-refractivity contribution is 5.94. The zero-order valence-corrected chi connectivity index (χ0v) is 19.2. The number of carbonyl (C=O) groups excluding carboxylic acids is 1. The van der Waals surface area contributed by atoms with Crippen molar-refractivity contribution in [3.63, 3.8) is 0 Å². The molecule has 7 nitrogen and oxygen atoms in total. The van der Waals surface area contributed by atoms with Gasteiger partial charge in [0.05, 0.1) is 12.7 Å². The molecule has 2 atom stereocenters. The Morgan fingerprint density at radius 1 is 1.06 bits per heavy atom. The first-order valence-corrected chi connectivity index (χ1v) is 11.4. The Hall–Kier alpha value is -3.87. The van der Waals surface area contributed by atoms with Gasteiger partial charge in [0.2, 0.25) is 5.89 Å². The molecule has 0 bridgehead atoms. The zero-order valence-electron chi connectivity index (χ0n) is 19.2. The average molecular weight is 462 g/mol. The number of fused-ring (bicyclic) bond motifs is 2. The number of nitrogens with zero attached hydrogens (tertiary/aromatic N) is 1. The van der Waals surface area contributed by atoms with Crippen molar-refractivity contribution in [2.75, 3.05) is 6.61 Å². The van der Waals surface area contributed by atoms with E-state index in [1.807, 2.05) is 67.6 Å². The molecular formula is C27H27NO6. The van der Waals surface area contributed by atoms with Crippen LogP contribution in [0.1, 0.15) is 33.1 Å². The monoisotopic (exact) mass is 461 g/mol. The molecule has 1 aromatic heterocycles. The highest BCUT2D eigenvalue weighted by Gasteiger charge is 2.28. The second-order valence-electron chi connectivity index (χ2n) is 8.25. The fraction of sp³-hybridized carbons (Fsp3) is 0.296. The quantitative estimate of drug-likeness (QED) is 0.180. The van der Waals surface area contributed by atoms with E-state index in [0.717, 1.165) is 27.4 Å². The van der Waals surface area contributed by atoms with Crippen molar-refractivity contribution >= 4 is 33.8 Å². The first-order valence-electron chi connectivity index (χ1n) is 11.4. The predicted octanol–water partition coefficient (Wildman–Crippen LogP) is 5.85. The SMILES string of the molecule is CCC(C)OC(=O)C(CCCOc1ccc2cc(-c3nc4ccccc4o3)ccc2c1)C(=O)O. The molecule has 2 unspecified atom stereocenters. The number of hydrogen-bond donors (Lipinski definition) is 1. The third-order valence-electron chi connectivity index (χ3n) is 5.73. The van der Waals surface area contributed by atoms with Crippen LogP contribution < -0.4 is 4.74 Å². The van der Waals surface area contributed by atoms with Crippen LogP contribution in [0.4, 0.5) is 0 Å². The lowest BCUT2D eigenvalue weighted by atomic mass is 10.0. The third kappa shape index (κ3) is 5.36. The van der Waals surface area contributed by atoms with Crippen LogP contribution in [0.2, 0.25) is 0 Å². The van der Waals surface area contributed by atoms with Crippen molar-refractivity contribution in [2.24, 2.45) is 5.92 Å². The summed E-state index contributed by atoms with van der Waals surface area (Å²) in [6, 6.07) is 19.4. The molecule has 0 saturated carbocycles. The Balaban J connectivity index is 1.37. The number of para-hydroxylation sites is 2. The van der Waals surface area contributed by atoms with Gasteiger partial charge in [-0.25, -0.2) is 4.98 Å². The Morgan fingerprint density at radius 2 is 1.82 bits per heavy atom. The molecule has 0 saturated heterocycles. The van der Waals surface area contributed by atoms with Gasteiger partial charge in [-0.05, 0) is 73.4 Å². The number of aliphatic carboxylic acids is 1. The van der Waals surface area contributed by atoms with Crippen molar-refractivity contribution < 1.29 is 28.6 Å². The molecule has 34 heavy (non-hydrogen) atoms. The summed E-state index contributed by atoms with van der Waals surface area (Å²) in [4.78, 5) is 28.1. The van der Waals surface area contributed by atoms with Gasteiger partial charge in [0.1, 0.15) is 11.3 Å². The minimum atomic E-state index is -1.18. The molecule has 176 valence electrons. The van der Waals surface area contributed by atoms with E-state index < -0.39 is 17.9 Å². The van der Waals surface area contributed by atoms with E-state index in [0.29, 0.717) is 31.1 Å². The molecule has 4 aromatic rings. The van der Waals surface area contributed by atoms with E-state index in [-0.39, 0.29) is 12.5 Å². The van der Waals surface area contributed by atoms with Gasteiger partial charge in [0, 0.05) is 5.56 Å². The Labute approximate surface area is 197 Å². The number of oxazole rings is 1. The molecule has 0 aliphatic carbocycles. The molecular weight excluding hydrogens is 434 g/mol. The van der Waals surface area contributed by atoms with Gasteiger partial charge < -0.3 is 19.0 Å². The Kier molecular flexibility index (Phi) is 7.11. The van der Waals surface area contributed by atoms with Crippen molar-refractivity contribution in [3.05, 3.63) is 60.7 Å². The highest BCUT2D eigenvalue weighted by atomic mass is 16.5. The van der Waals surface area contributed by atoms with Crippen LogP contribution in [-0.4, -0.2) is 34.7 Å². The summed E-state index contributed by atoms with van der Waals surface area (Å²) in [6.07, 6.45) is 0.915. The summed E-state index contributed by atoms with van der Waals surface area (Å²) in [6.45, 7) is 3.92. The van der Waals surface area contributed by atoms with Crippen LogP contribution in [0.5, 0.6) is 5.75 Å². The lowest BCUT2D eigenvalue weighted by Gasteiger charge is -2.16. The lowest BCUT2D eigenvalue weighted by Crippen LogP contribution is -2.29. The molecule has 0 radical (unpaired) electrons. The molecule has 0 aliphatic heterocycles. The number of carboxylic acids is 1. The molecule has 3 aromatic carbocycles. The van der Waals surface area contributed by atoms with E-state index in [2.05, 4.69) is 4.98 Å². The minimum absolute atomic E-state index is 0.159. The minimum Gasteiger partial charge on any atom is -0.494 e. The maximum Gasteiger partial charge on any atom is 0.320 e. The molecule has 0 fully saturated rings. The van der Waals surface area contributed by atoms with E-state index in [9.17, 15) is 14.7 Å². The standard InChI is InChI=1S/C27H27NO6/c1-3-17(2)33-27(31)22(26(29)30)7-6-14-32-21-13-12-18-15-20(11-10-19(18)16-21)25-28-23-8-4-5-9-24(23)34-25/h4-5,8-13,15-17,22H,3,6-7,14H2,1-2H3,(H,29,30). The van der Waals surface area contributed by atoms with Crippen molar-refractivity contribution in [3.8, 4) is 17.2 Å². The largest absolute Gasteiger partial charge is 0.494 e. The average Bonchev–Trinajstić information content (AvgIpc) is 3.27. The number of aromatic nitrogens is 1. The maximum atomic E-state index is 12.1. The highest BCUT2D eigenvalue weighted by Crippen LogP contribution is 2.29. The number of carbonyl (C=O) groups is 2. The van der Waals surface area contributed by atoms with E-state index >= 15 is 0 Å². The van der Waals surface area contributed by atoms with Crippen molar-refractivity contribution in [2.45, 2.75) is 39.2 Å². The molecule has 1 N–H and O–H groups in total. The van der Waals surface area contributed by atoms with Crippen LogP contribution in [0.3, 0.4) is 0 Å². The van der Waals surface area contributed by atoms with Crippen molar-refractivity contribution in [1.82, 2.24) is 4.98 Å². The summed E-state index contributed by atoms with van der Waals surface area (Å²) in [5.41, 5.74) is 2.46. The summed E-state index contributed by atoms with van der Waals surface area (Å²) >= 11 is 0. The summed E-state index contributed by atoms with van der Waals surface area (Å²) in [5.74, 6) is -1.80. The van der Waals surface area contributed by atoms with Crippen LogP contribution in [0, 0.1) is 5.92 Å². The van der Waals surface area contributed by atoms with Gasteiger partial charge >= 0.3 is 11.9 Å². The fourth-order valence-electron chi connectivity index (χ4n) is 3.63. The first-order chi connectivity index (χ1) is 16.4. The number of rotatable bonds is 10.